The SMILES string of the molecule is C=CCc1cc(C2C3=C(CCCC3=O)N(CCC(=O)O)C3=C2C(=O)CCC3)cc(OC)c1OCc1cccc(Cl)c1. The summed E-state index contributed by atoms with van der Waals surface area (Å²) in [6.45, 7) is 4.45. The van der Waals surface area contributed by atoms with Gasteiger partial charge in [0, 0.05) is 58.4 Å². The van der Waals surface area contributed by atoms with Crippen LogP contribution in [0.5, 0.6) is 11.5 Å². The number of ketones is 2. The molecule has 0 amide bonds. The van der Waals surface area contributed by atoms with Gasteiger partial charge in [0.2, 0.25) is 0 Å². The van der Waals surface area contributed by atoms with Crippen molar-refractivity contribution in [1.29, 1.82) is 0 Å². The van der Waals surface area contributed by atoms with Crippen molar-refractivity contribution in [1.82, 2.24) is 4.90 Å². The van der Waals surface area contributed by atoms with E-state index in [2.05, 4.69) is 6.58 Å². The molecule has 2 aromatic rings. The Kier molecular flexibility index (Phi) is 8.64. The lowest BCUT2D eigenvalue weighted by molar-refractivity contribution is -0.137. The summed E-state index contributed by atoms with van der Waals surface area (Å²) in [6, 6.07) is 11.3. The number of carbonyl (C=O) groups is 3. The van der Waals surface area contributed by atoms with Crippen LogP contribution in [0.1, 0.15) is 67.6 Å². The second kappa shape index (κ2) is 12.4. The van der Waals surface area contributed by atoms with Crippen LogP contribution >= 0.6 is 11.6 Å². The largest absolute Gasteiger partial charge is 0.493 e. The molecule has 2 aromatic carbocycles. The van der Waals surface area contributed by atoms with Crippen LogP contribution in [0, 0.1) is 0 Å². The number of allylic oxidation sites excluding steroid dienone is 5. The molecule has 1 N–H and O–H groups in total. The summed E-state index contributed by atoms with van der Waals surface area (Å²) < 4.78 is 12.1. The summed E-state index contributed by atoms with van der Waals surface area (Å²) in [4.78, 5) is 40.6. The van der Waals surface area contributed by atoms with Crippen molar-refractivity contribution in [3.63, 3.8) is 0 Å². The predicted molar refractivity (Wildman–Crippen MR) is 156 cm³/mol. The monoisotopic (exact) mass is 575 g/mol. The molecular formula is C33H34ClNO6. The van der Waals surface area contributed by atoms with E-state index in [1.165, 1.54) is 0 Å². The van der Waals surface area contributed by atoms with E-state index in [0.29, 0.717) is 72.6 Å². The Hall–Kier alpha value is -3.84. The van der Waals surface area contributed by atoms with Crippen LogP contribution in [0.3, 0.4) is 0 Å². The van der Waals surface area contributed by atoms with Crippen molar-refractivity contribution < 1.29 is 29.0 Å². The fourth-order valence-corrected chi connectivity index (χ4v) is 6.50. The molecule has 41 heavy (non-hydrogen) atoms. The molecule has 0 aromatic heterocycles. The van der Waals surface area contributed by atoms with Gasteiger partial charge in [-0.2, -0.15) is 0 Å². The molecule has 3 aliphatic rings. The van der Waals surface area contributed by atoms with E-state index in [0.717, 1.165) is 28.1 Å². The third kappa shape index (κ3) is 5.82. The number of rotatable bonds is 10. The van der Waals surface area contributed by atoms with Gasteiger partial charge in [-0.15, -0.1) is 6.58 Å². The Morgan fingerprint density at radius 3 is 2.34 bits per heavy atom. The maximum Gasteiger partial charge on any atom is 0.305 e. The molecule has 0 unspecified atom stereocenters. The molecule has 1 aliphatic heterocycles. The zero-order chi connectivity index (χ0) is 29.1. The zero-order valence-electron chi connectivity index (χ0n) is 23.2. The van der Waals surface area contributed by atoms with E-state index in [9.17, 15) is 19.5 Å². The Bertz CT molecular complexity index is 1430. The first kappa shape index (κ1) is 28.7. The number of aliphatic carboxylic acids is 1. The van der Waals surface area contributed by atoms with E-state index in [-0.39, 0.29) is 31.1 Å². The van der Waals surface area contributed by atoms with Crippen LogP contribution in [-0.2, 0) is 27.4 Å². The van der Waals surface area contributed by atoms with Gasteiger partial charge in [-0.1, -0.05) is 35.9 Å². The van der Waals surface area contributed by atoms with Crippen molar-refractivity contribution in [3.05, 3.63) is 93.3 Å². The van der Waals surface area contributed by atoms with Crippen molar-refractivity contribution in [2.24, 2.45) is 0 Å². The second-order valence-electron chi connectivity index (χ2n) is 10.6. The van der Waals surface area contributed by atoms with Gasteiger partial charge >= 0.3 is 5.97 Å². The predicted octanol–water partition coefficient (Wildman–Crippen LogP) is 6.54. The summed E-state index contributed by atoms with van der Waals surface area (Å²) in [7, 11) is 1.57. The van der Waals surface area contributed by atoms with E-state index in [4.69, 9.17) is 21.1 Å². The average Bonchev–Trinajstić information content (AvgIpc) is 2.95. The Morgan fingerprint density at radius 1 is 1.07 bits per heavy atom. The maximum atomic E-state index is 13.6. The highest BCUT2D eigenvalue weighted by molar-refractivity contribution is 6.30. The topological polar surface area (TPSA) is 93.1 Å². The van der Waals surface area contributed by atoms with Crippen molar-refractivity contribution in [2.75, 3.05) is 13.7 Å². The number of methoxy groups -OCH3 is 1. The highest BCUT2D eigenvalue weighted by atomic mass is 35.5. The summed E-state index contributed by atoms with van der Waals surface area (Å²) in [5, 5.41) is 10.1. The number of hydrogen-bond acceptors (Lipinski definition) is 6. The number of hydrogen-bond donors (Lipinski definition) is 1. The highest BCUT2D eigenvalue weighted by Gasteiger charge is 2.43. The van der Waals surface area contributed by atoms with Gasteiger partial charge in [-0.25, -0.2) is 0 Å². The minimum Gasteiger partial charge on any atom is -0.493 e. The lowest BCUT2D eigenvalue weighted by Crippen LogP contribution is -2.40. The van der Waals surface area contributed by atoms with Gasteiger partial charge in [0.15, 0.2) is 23.1 Å². The normalized spacial score (nSPS) is 17.4. The van der Waals surface area contributed by atoms with Crippen molar-refractivity contribution in [3.8, 4) is 11.5 Å². The van der Waals surface area contributed by atoms with E-state index < -0.39 is 11.9 Å². The van der Waals surface area contributed by atoms with Crippen molar-refractivity contribution >= 4 is 29.1 Å². The molecule has 0 saturated carbocycles. The lowest BCUT2D eigenvalue weighted by Gasteiger charge is -2.44. The molecule has 0 radical (unpaired) electrons. The van der Waals surface area contributed by atoms with Gasteiger partial charge in [0.25, 0.3) is 0 Å². The van der Waals surface area contributed by atoms with Crippen LogP contribution in [0.2, 0.25) is 5.02 Å². The average molecular weight is 576 g/mol. The molecule has 0 bridgehead atoms. The van der Waals surface area contributed by atoms with Gasteiger partial charge in [0.05, 0.1) is 13.5 Å². The summed E-state index contributed by atoms with van der Waals surface area (Å²) >= 11 is 6.16. The minimum absolute atomic E-state index is 0.00650. The smallest absolute Gasteiger partial charge is 0.305 e. The Morgan fingerprint density at radius 2 is 1.76 bits per heavy atom. The number of carbonyl (C=O) groups excluding carboxylic acids is 2. The fraction of sp³-hybridized carbons (Fsp3) is 0.364. The molecule has 5 rings (SSSR count). The first-order valence-electron chi connectivity index (χ1n) is 14.0. The quantitative estimate of drug-likeness (QED) is 0.321. The van der Waals surface area contributed by atoms with Crippen LogP contribution in [0.15, 0.2) is 71.6 Å². The summed E-state index contributed by atoms with van der Waals surface area (Å²) in [6.07, 6.45) is 5.73. The molecule has 0 spiro atoms. The molecule has 0 atom stereocenters. The molecule has 8 heteroatoms. The highest BCUT2D eigenvalue weighted by Crippen LogP contribution is 2.50. The maximum absolute atomic E-state index is 13.6. The number of halogens is 1. The van der Waals surface area contributed by atoms with E-state index in [1.54, 1.807) is 13.2 Å². The molecule has 2 aliphatic carbocycles. The van der Waals surface area contributed by atoms with E-state index >= 15 is 0 Å². The second-order valence-corrected chi connectivity index (χ2v) is 11.1. The minimum atomic E-state index is -0.909. The number of ether oxygens (including phenoxy) is 2. The Balaban J connectivity index is 1.64. The number of carboxylic acid groups (broad SMARTS) is 1. The van der Waals surface area contributed by atoms with Crippen LogP contribution in [0.4, 0.5) is 0 Å². The third-order valence-corrected chi connectivity index (χ3v) is 8.21. The van der Waals surface area contributed by atoms with Crippen LogP contribution < -0.4 is 9.47 Å². The molecule has 0 fully saturated rings. The molecular weight excluding hydrogens is 542 g/mol. The van der Waals surface area contributed by atoms with Crippen LogP contribution in [-0.4, -0.2) is 41.2 Å². The molecule has 0 saturated heterocycles. The molecule has 214 valence electrons. The zero-order valence-corrected chi connectivity index (χ0v) is 24.0. The molecule has 7 nitrogen and oxygen atoms in total. The first-order valence-corrected chi connectivity index (χ1v) is 14.4. The Labute approximate surface area is 245 Å². The van der Waals surface area contributed by atoms with Crippen LogP contribution in [0.25, 0.3) is 0 Å². The van der Waals surface area contributed by atoms with Gasteiger partial charge in [-0.05, 0) is 61.4 Å². The number of carboxylic acids is 1. The van der Waals surface area contributed by atoms with Gasteiger partial charge in [-0.3, -0.25) is 14.4 Å². The number of Topliss-reactive ketones (excluding diaryl/α,β-unsaturated/α-hetero) is 2. The van der Waals surface area contributed by atoms with Crippen molar-refractivity contribution in [2.45, 2.75) is 63.9 Å². The van der Waals surface area contributed by atoms with E-state index in [1.807, 2.05) is 41.3 Å². The van der Waals surface area contributed by atoms with Gasteiger partial charge in [0.1, 0.15) is 6.61 Å². The standard InChI is InChI=1S/C33H34ClNO6/c1-3-7-21-17-22(18-28(40-2)33(21)41-19-20-8-4-9-23(34)16-20)30-31-24(10-5-12-26(31)36)35(15-14-29(38)39)25-11-6-13-27(37)32(25)30/h3-4,8-9,16-18,30H,1,5-7,10-15,19H2,2H3,(H,38,39). The first-order chi connectivity index (χ1) is 19.8. The summed E-state index contributed by atoms with van der Waals surface area (Å²) in [5.74, 6) is -0.359. The third-order valence-electron chi connectivity index (χ3n) is 7.98. The fourth-order valence-electron chi connectivity index (χ4n) is 6.28. The molecule has 1 heterocycles. The number of benzene rings is 2. The summed E-state index contributed by atoms with van der Waals surface area (Å²) in [5.41, 5.74) is 5.45. The lowest BCUT2D eigenvalue weighted by atomic mass is 9.70. The van der Waals surface area contributed by atoms with Gasteiger partial charge < -0.3 is 19.5 Å². The number of nitrogens with zero attached hydrogens (tertiary/aromatic N) is 1.